The Morgan fingerprint density at radius 3 is 2.65 bits per heavy atom. The van der Waals surface area contributed by atoms with E-state index < -0.39 is 10.0 Å². The topological polar surface area (TPSA) is 37.4 Å². The van der Waals surface area contributed by atoms with Crippen molar-refractivity contribution in [1.82, 2.24) is 4.31 Å². The molecule has 0 amide bonds. The Morgan fingerprint density at radius 1 is 1.25 bits per heavy atom. The number of halogens is 1. The van der Waals surface area contributed by atoms with Crippen molar-refractivity contribution in [2.45, 2.75) is 36.2 Å². The molecule has 1 aliphatic carbocycles. The lowest BCUT2D eigenvalue weighted by Gasteiger charge is -2.21. The molecule has 1 aliphatic rings. The molecule has 7 heteroatoms. The van der Waals surface area contributed by atoms with Gasteiger partial charge < -0.3 is 0 Å². The van der Waals surface area contributed by atoms with Crippen molar-refractivity contribution in [2.75, 3.05) is 0 Å². The van der Waals surface area contributed by atoms with Crippen molar-refractivity contribution in [3.05, 3.63) is 38.7 Å². The van der Waals surface area contributed by atoms with Crippen LogP contribution in [0.4, 0.5) is 0 Å². The molecule has 3 rings (SSSR count). The molecule has 3 nitrogen and oxygen atoms in total. The highest BCUT2D eigenvalue weighted by Crippen LogP contribution is 2.36. The first-order valence-electron chi connectivity index (χ1n) is 6.29. The predicted octanol–water partition coefficient (Wildman–Crippen LogP) is 3.90. The summed E-state index contributed by atoms with van der Waals surface area (Å²) in [5.74, 6) is 0.240. The fourth-order valence-corrected chi connectivity index (χ4v) is 6.23. The molecule has 20 heavy (non-hydrogen) atoms. The summed E-state index contributed by atoms with van der Waals surface area (Å²) in [6.45, 7) is 0.461. The van der Waals surface area contributed by atoms with Crippen molar-refractivity contribution in [1.29, 1.82) is 0 Å². The molecule has 0 unspecified atom stereocenters. The first-order valence-corrected chi connectivity index (χ1v) is 10.0. The predicted molar refractivity (Wildman–Crippen MR) is 83.9 cm³/mol. The van der Waals surface area contributed by atoms with Gasteiger partial charge >= 0.3 is 0 Å². The van der Waals surface area contributed by atoms with E-state index in [1.54, 1.807) is 27.1 Å². The van der Waals surface area contributed by atoms with Gasteiger partial charge in [-0.25, -0.2) is 8.42 Å². The normalized spacial score (nSPS) is 15.9. The van der Waals surface area contributed by atoms with E-state index in [1.807, 2.05) is 17.5 Å². The minimum absolute atomic E-state index is 0.144. The summed E-state index contributed by atoms with van der Waals surface area (Å²) in [7, 11) is -3.45. The van der Waals surface area contributed by atoms with Crippen LogP contribution in [0.1, 0.15) is 22.6 Å². The average Bonchev–Trinajstić information content (AvgIpc) is 2.95. The van der Waals surface area contributed by atoms with Gasteiger partial charge in [0.2, 0.25) is 10.0 Å². The van der Waals surface area contributed by atoms with Crippen LogP contribution >= 0.6 is 34.3 Å². The van der Waals surface area contributed by atoms with Crippen molar-refractivity contribution in [3.63, 3.8) is 0 Å². The first kappa shape index (κ1) is 14.5. The lowest BCUT2D eigenvalue weighted by Crippen LogP contribution is -2.32. The van der Waals surface area contributed by atoms with E-state index in [-0.39, 0.29) is 11.9 Å². The lowest BCUT2D eigenvalue weighted by molar-refractivity contribution is 0.401. The second-order valence-electron chi connectivity index (χ2n) is 4.70. The zero-order valence-electron chi connectivity index (χ0n) is 10.7. The molecule has 0 atom stereocenters. The van der Waals surface area contributed by atoms with Crippen LogP contribution in [0.25, 0.3) is 0 Å². The summed E-state index contributed by atoms with van der Waals surface area (Å²) < 4.78 is 27.4. The van der Waals surface area contributed by atoms with E-state index in [2.05, 4.69) is 0 Å². The van der Waals surface area contributed by atoms with Crippen LogP contribution < -0.4 is 0 Å². The summed E-state index contributed by atoms with van der Waals surface area (Å²) in [6, 6.07) is 5.74. The third kappa shape index (κ3) is 2.80. The zero-order chi connectivity index (χ0) is 14.2. The SMILES string of the molecule is O=S(=O)(c1ccsc1CCl)N(Cc1cccs1)C1CC1. The first-order chi connectivity index (χ1) is 9.63. The van der Waals surface area contributed by atoms with Crippen LogP contribution in [0.15, 0.2) is 33.9 Å². The second-order valence-corrected chi connectivity index (χ2v) is 8.86. The molecule has 2 heterocycles. The van der Waals surface area contributed by atoms with Crippen LogP contribution in [-0.2, 0) is 22.4 Å². The Bertz CT molecular complexity index is 674. The van der Waals surface area contributed by atoms with Gasteiger partial charge in [-0.3, -0.25) is 0 Å². The summed E-state index contributed by atoms with van der Waals surface area (Å²) >= 11 is 8.84. The van der Waals surface area contributed by atoms with Gasteiger partial charge in [-0.1, -0.05) is 6.07 Å². The Morgan fingerprint density at radius 2 is 2.05 bits per heavy atom. The summed E-state index contributed by atoms with van der Waals surface area (Å²) in [6.07, 6.45) is 1.90. The number of sulfonamides is 1. The van der Waals surface area contributed by atoms with Gasteiger partial charge in [-0.2, -0.15) is 4.31 Å². The monoisotopic (exact) mass is 347 g/mol. The molecule has 108 valence electrons. The molecule has 2 aromatic heterocycles. The molecule has 0 aromatic carbocycles. The highest BCUT2D eigenvalue weighted by Gasteiger charge is 2.39. The molecular weight excluding hydrogens is 334 g/mol. The molecule has 0 radical (unpaired) electrons. The number of thiophene rings is 2. The molecule has 0 aliphatic heterocycles. The smallest absolute Gasteiger partial charge is 0.207 e. The molecule has 0 saturated heterocycles. The number of alkyl halides is 1. The molecule has 0 bridgehead atoms. The van der Waals surface area contributed by atoms with Gasteiger partial charge in [0, 0.05) is 22.3 Å². The van der Waals surface area contributed by atoms with E-state index in [9.17, 15) is 8.42 Å². The molecule has 0 N–H and O–H groups in total. The van der Waals surface area contributed by atoms with Gasteiger partial charge in [0.1, 0.15) is 0 Å². The maximum Gasteiger partial charge on any atom is 0.244 e. The minimum atomic E-state index is -3.45. The van der Waals surface area contributed by atoms with E-state index in [0.29, 0.717) is 11.4 Å². The van der Waals surface area contributed by atoms with Gasteiger partial charge in [-0.15, -0.1) is 34.3 Å². The third-order valence-electron chi connectivity index (χ3n) is 3.26. The van der Waals surface area contributed by atoms with Crippen LogP contribution in [0.2, 0.25) is 0 Å². The third-order valence-corrected chi connectivity index (χ3v) is 7.58. The number of nitrogens with zero attached hydrogens (tertiary/aromatic N) is 1. The van der Waals surface area contributed by atoms with Crippen LogP contribution in [0, 0.1) is 0 Å². The highest BCUT2D eigenvalue weighted by molar-refractivity contribution is 7.89. The van der Waals surface area contributed by atoms with Crippen molar-refractivity contribution >= 4 is 44.3 Å². The van der Waals surface area contributed by atoms with Gasteiger partial charge in [0.25, 0.3) is 0 Å². The standard InChI is InChI=1S/C13H14ClNO2S3/c14-8-12-13(5-7-19-12)20(16,17)15(10-3-4-10)9-11-2-1-6-18-11/h1-2,5-7,10H,3-4,8-9H2. The Kier molecular flexibility index (Phi) is 4.19. The largest absolute Gasteiger partial charge is 0.244 e. The Labute approximate surface area is 131 Å². The molecule has 2 aromatic rings. The summed E-state index contributed by atoms with van der Waals surface area (Å²) in [4.78, 5) is 2.17. The zero-order valence-corrected chi connectivity index (χ0v) is 13.9. The maximum absolute atomic E-state index is 12.9. The quantitative estimate of drug-likeness (QED) is 0.743. The molecular formula is C13H14ClNO2S3. The van der Waals surface area contributed by atoms with Gasteiger partial charge in [-0.05, 0) is 35.7 Å². The van der Waals surface area contributed by atoms with Crippen LogP contribution in [0.3, 0.4) is 0 Å². The van der Waals surface area contributed by atoms with Crippen molar-refractivity contribution in [2.24, 2.45) is 0 Å². The van der Waals surface area contributed by atoms with Gasteiger partial charge in [0.05, 0.1) is 10.8 Å². The van der Waals surface area contributed by atoms with E-state index >= 15 is 0 Å². The molecule has 1 saturated carbocycles. The summed E-state index contributed by atoms with van der Waals surface area (Å²) in [5.41, 5.74) is 0. The average molecular weight is 348 g/mol. The Balaban J connectivity index is 1.94. The fourth-order valence-electron chi connectivity index (χ4n) is 2.11. The highest BCUT2D eigenvalue weighted by atomic mass is 35.5. The molecule has 0 spiro atoms. The van der Waals surface area contributed by atoms with E-state index in [4.69, 9.17) is 11.6 Å². The number of hydrogen-bond donors (Lipinski definition) is 0. The minimum Gasteiger partial charge on any atom is -0.207 e. The van der Waals surface area contributed by atoms with Crippen molar-refractivity contribution < 1.29 is 8.42 Å². The summed E-state index contributed by atoms with van der Waals surface area (Å²) in [5, 5.41) is 3.77. The van der Waals surface area contributed by atoms with E-state index in [0.717, 1.165) is 22.6 Å². The molecule has 1 fully saturated rings. The lowest BCUT2D eigenvalue weighted by atomic mass is 10.4. The maximum atomic E-state index is 12.9. The Hall–Kier alpha value is -0.400. The van der Waals surface area contributed by atoms with E-state index in [1.165, 1.54) is 11.3 Å². The second kappa shape index (κ2) is 5.77. The van der Waals surface area contributed by atoms with Crippen LogP contribution in [-0.4, -0.2) is 18.8 Å². The van der Waals surface area contributed by atoms with Crippen LogP contribution in [0.5, 0.6) is 0 Å². The number of hydrogen-bond acceptors (Lipinski definition) is 4. The van der Waals surface area contributed by atoms with Crippen molar-refractivity contribution in [3.8, 4) is 0 Å². The fraction of sp³-hybridized carbons (Fsp3) is 0.385. The van der Waals surface area contributed by atoms with Gasteiger partial charge in [0.15, 0.2) is 0 Å². The number of rotatable bonds is 6.